The molecule has 0 fully saturated rings. The van der Waals surface area contributed by atoms with E-state index in [0.29, 0.717) is 39.2 Å². The molecule has 0 radical (unpaired) electrons. The highest BCUT2D eigenvalue weighted by Gasteiger charge is 2.35. The number of nitriles is 1. The lowest BCUT2D eigenvalue weighted by Crippen LogP contribution is -2.31. The summed E-state index contributed by atoms with van der Waals surface area (Å²) in [6.45, 7) is 6.04. The van der Waals surface area contributed by atoms with E-state index >= 15 is 0 Å². The van der Waals surface area contributed by atoms with Crippen molar-refractivity contribution in [2.24, 2.45) is 0 Å². The molecular weight excluding hydrogens is 520 g/mol. The number of nitrogens with one attached hydrogen (secondary N) is 3. The van der Waals surface area contributed by atoms with Crippen LogP contribution in [0.5, 0.6) is 5.75 Å². The Labute approximate surface area is 239 Å². The van der Waals surface area contributed by atoms with Gasteiger partial charge in [0.1, 0.15) is 5.75 Å². The van der Waals surface area contributed by atoms with E-state index in [1.54, 1.807) is 26.2 Å². The average Bonchev–Trinajstić information content (AvgIpc) is 2.96. The van der Waals surface area contributed by atoms with Crippen LogP contribution in [0, 0.1) is 11.3 Å². The summed E-state index contributed by atoms with van der Waals surface area (Å²) in [6, 6.07) is 26.7. The van der Waals surface area contributed by atoms with Crippen LogP contribution in [-0.2, 0) is 9.59 Å². The molecule has 2 amide bonds. The second kappa shape index (κ2) is 13.0. The second-order valence-corrected chi connectivity index (χ2v) is 10.6. The Morgan fingerprint density at radius 2 is 1.68 bits per heavy atom. The molecule has 0 saturated carbocycles. The van der Waals surface area contributed by atoms with Crippen molar-refractivity contribution in [2.45, 2.75) is 32.6 Å². The molecule has 0 saturated heterocycles. The van der Waals surface area contributed by atoms with E-state index in [1.807, 2.05) is 66.7 Å². The first kappa shape index (κ1) is 28.5. The van der Waals surface area contributed by atoms with Crippen LogP contribution in [0.15, 0.2) is 101 Å². The first-order valence-corrected chi connectivity index (χ1v) is 13.9. The van der Waals surface area contributed by atoms with Crippen molar-refractivity contribution in [3.63, 3.8) is 0 Å². The summed E-state index contributed by atoms with van der Waals surface area (Å²) in [5.74, 6) is -0.113. The van der Waals surface area contributed by atoms with E-state index in [1.165, 1.54) is 17.3 Å². The molecule has 7 nitrogen and oxygen atoms in total. The van der Waals surface area contributed by atoms with Gasteiger partial charge in [0.15, 0.2) is 0 Å². The number of carbonyl (C=O) groups excluding carboxylic acids is 2. The van der Waals surface area contributed by atoms with Gasteiger partial charge in [-0.05, 0) is 48.2 Å². The maximum Gasteiger partial charge on any atom is 0.254 e. The first-order valence-electron chi connectivity index (χ1n) is 13.0. The summed E-state index contributed by atoms with van der Waals surface area (Å²) in [5.41, 5.74) is 4.65. The zero-order chi connectivity index (χ0) is 28.6. The number of hydrogen-bond donors (Lipinski definition) is 3. The van der Waals surface area contributed by atoms with Gasteiger partial charge in [0, 0.05) is 17.0 Å². The Kier molecular flexibility index (Phi) is 9.31. The van der Waals surface area contributed by atoms with Gasteiger partial charge in [-0.3, -0.25) is 9.59 Å². The van der Waals surface area contributed by atoms with Gasteiger partial charge >= 0.3 is 0 Å². The minimum atomic E-state index is -0.615. The summed E-state index contributed by atoms with van der Waals surface area (Å²) in [7, 11) is 1.54. The highest BCUT2D eigenvalue weighted by Crippen LogP contribution is 2.41. The van der Waals surface area contributed by atoms with Crippen LogP contribution in [0.2, 0.25) is 0 Å². The smallest absolute Gasteiger partial charge is 0.254 e. The molecule has 0 aromatic heterocycles. The monoisotopic (exact) mass is 552 g/mol. The van der Waals surface area contributed by atoms with Crippen molar-refractivity contribution < 1.29 is 14.3 Å². The zero-order valence-corrected chi connectivity index (χ0v) is 23.8. The van der Waals surface area contributed by atoms with Gasteiger partial charge in [0.05, 0.1) is 41.1 Å². The summed E-state index contributed by atoms with van der Waals surface area (Å²) < 4.78 is 5.40. The van der Waals surface area contributed by atoms with Gasteiger partial charge in [0.25, 0.3) is 5.91 Å². The number of carbonyl (C=O) groups is 2. The maximum atomic E-state index is 13.7. The van der Waals surface area contributed by atoms with E-state index in [4.69, 9.17) is 4.74 Å². The lowest BCUT2D eigenvalue weighted by Gasteiger charge is -2.30. The number of para-hydroxylation sites is 2. The van der Waals surface area contributed by atoms with Crippen LogP contribution in [0.25, 0.3) is 0 Å². The number of allylic oxidation sites excluding steroid dienone is 2. The number of hydrogen-bond acceptors (Lipinski definition) is 6. The van der Waals surface area contributed by atoms with Crippen LogP contribution in [0.3, 0.4) is 0 Å². The zero-order valence-electron chi connectivity index (χ0n) is 22.9. The minimum Gasteiger partial charge on any atom is -0.495 e. The SMILES string of the molecule is COc1ccccc1NC(=O)C1=C(C)NC(SCC(=O)Nc2ccc(C(C)C)cc2)=C(C#N)C1c1ccccc1. The standard InChI is InChI=1S/C32H32N4O3S/c1-20(2)22-14-16-24(17-15-22)35-28(37)19-40-32-25(18-33)30(23-10-6-5-7-11-23)29(21(3)34-32)31(38)36-26-12-8-9-13-27(26)39-4/h5-17,20,30,34H,19H2,1-4H3,(H,35,37)(H,36,38). The van der Waals surface area contributed by atoms with E-state index in [0.717, 1.165) is 11.3 Å². The van der Waals surface area contributed by atoms with Crippen molar-refractivity contribution in [1.29, 1.82) is 5.26 Å². The van der Waals surface area contributed by atoms with E-state index in [2.05, 4.69) is 35.9 Å². The third kappa shape index (κ3) is 6.56. The van der Waals surface area contributed by atoms with Gasteiger partial charge < -0.3 is 20.7 Å². The second-order valence-electron chi connectivity index (χ2n) is 9.63. The number of rotatable bonds is 9. The summed E-state index contributed by atoms with van der Waals surface area (Å²) in [5, 5.41) is 19.9. The molecule has 0 spiro atoms. The Bertz CT molecular complexity index is 1490. The molecule has 3 aromatic rings. The molecule has 40 heavy (non-hydrogen) atoms. The van der Waals surface area contributed by atoms with Crippen LogP contribution in [0.1, 0.15) is 43.7 Å². The van der Waals surface area contributed by atoms with Crippen molar-refractivity contribution in [2.75, 3.05) is 23.5 Å². The van der Waals surface area contributed by atoms with Crippen molar-refractivity contribution in [3.8, 4) is 11.8 Å². The normalized spacial score (nSPS) is 14.8. The molecule has 1 atom stereocenters. The molecule has 1 unspecified atom stereocenters. The average molecular weight is 553 g/mol. The highest BCUT2D eigenvalue weighted by molar-refractivity contribution is 8.03. The minimum absolute atomic E-state index is 0.0942. The molecule has 1 aliphatic heterocycles. The van der Waals surface area contributed by atoms with Gasteiger partial charge in [-0.2, -0.15) is 5.26 Å². The largest absolute Gasteiger partial charge is 0.495 e. The van der Waals surface area contributed by atoms with Crippen molar-refractivity contribution in [3.05, 3.63) is 112 Å². The number of thioether (sulfide) groups is 1. The van der Waals surface area contributed by atoms with Gasteiger partial charge in [0.2, 0.25) is 5.91 Å². The van der Waals surface area contributed by atoms with Crippen LogP contribution in [0.4, 0.5) is 11.4 Å². The Balaban J connectivity index is 1.58. The quantitative estimate of drug-likeness (QED) is 0.279. The fourth-order valence-electron chi connectivity index (χ4n) is 4.53. The molecule has 8 heteroatoms. The Hall–Kier alpha value is -4.48. The van der Waals surface area contributed by atoms with Crippen LogP contribution >= 0.6 is 11.8 Å². The topological polar surface area (TPSA) is 103 Å². The highest BCUT2D eigenvalue weighted by atomic mass is 32.2. The molecule has 204 valence electrons. The van der Waals surface area contributed by atoms with Crippen molar-refractivity contribution >= 4 is 35.0 Å². The molecule has 1 heterocycles. The fraction of sp³-hybridized carbons (Fsp3) is 0.219. The number of methoxy groups -OCH3 is 1. The number of amides is 2. The third-order valence-electron chi connectivity index (χ3n) is 6.59. The predicted octanol–water partition coefficient (Wildman–Crippen LogP) is 6.53. The van der Waals surface area contributed by atoms with Crippen LogP contribution < -0.4 is 20.7 Å². The van der Waals surface area contributed by atoms with E-state index < -0.39 is 5.92 Å². The summed E-state index contributed by atoms with van der Waals surface area (Å²) in [4.78, 5) is 26.5. The predicted molar refractivity (Wildman–Crippen MR) is 161 cm³/mol. The van der Waals surface area contributed by atoms with Gasteiger partial charge in [-0.25, -0.2) is 0 Å². The lowest BCUT2D eigenvalue weighted by molar-refractivity contribution is -0.114. The molecular formula is C32H32N4O3S. The van der Waals surface area contributed by atoms with Gasteiger partial charge in [-0.15, -0.1) is 0 Å². The summed E-state index contributed by atoms with van der Waals surface area (Å²) >= 11 is 1.24. The molecule has 3 aromatic carbocycles. The number of anilines is 2. The fourth-order valence-corrected chi connectivity index (χ4v) is 5.42. The number of benzene rings is 3. The first-order chi connectivity index (χ1) is 19.3. The lowest BCUT2D eigenvalue weighted by atomic mass is 9.82. The molecule has 4 rings (SSSR count). The van der Waals surface area contributed by atoms with Gasteiger partial charge in [-0.1, -0.05) is 80.2 Å². The summed E-state index contributed by atoms with van der Waals surface area (Å²) in [6.07, 6.45) is 0. The number of dihydropyridines is 1. The third-order valence-corrected chi connectivity index (χ3v) is 7.61. The Morgan fingerprint density at radius 1 is 1.00 bits per heavy atom. The molecule has 1 aliphatic rings. The van der Waals surface area contributed by atoms with E-state index in [9.17, 15) is 14.9 Å². The maximum absolute atomic E-state index is 13.7. The Morgan fingerprint density at radius 3 is 2.33 bits per heavy atom. The molecule has 0 bridgehead atoms. The number of nitrogens with zero attached hydrogens (tertiary/aromatic N) is 1. The molecule has 3 N–H and O–H groups in total. The molecule has 0 aliphatic carbocycles. The van der Waals surface area contributed by atoms with Crippen LogP contribution in [-0.4, -0.2) is 24.7 Å². The van der Waals surface area contributed by atoms with Crippen molar-refractivity contribution in [1.82, 2.24) is 5.32 Å². The number of ether oxygens (including phenoxy) is 1. The van der Waals surface area contributed by atoms with E-state index in [-0.39, 0.29) is 17.6 Å².